The Kier molecular flexibility index (Phi) is 7.21. The van der Waals surface area contributed by atoms with Gasteiger partial charge in [-0.1, -0.05) is 38.5 Å². The maximum Gasteiger partial charge on any atom is 0.229 e. The van der Waals surface area contributed by atoms with Crippen molar-refractivity contribution in [3.05, 3.63) is 64.9 Å². The first-order valence-electron chi connectivity index (χ1n) is 13.1. The summed E-state index contributed by atoms with van der Waals surface area (Å²) < 4.78 is 50.6. The number of fused-ring (bicyclic) bond motifs is 3. The molecule has 3 atom stereocenters. The maximum atomic E-state index is 15.7. The molecule has 1 N–H and O–H groups in total. The number of carbonyl (C=O) groups excluding carboxylic acids is 1. The molecular formula is C29H34F3N3O2. The topological polar surface area (TPSA) is 48.6 Å². The van der Waals surface area contributed by atoms with Crippen LogP contribution in [-0.2, 0) is 11.2 Å². The number of H-pyrrole nitrogens is 1. The average Bonchev–Trinajstić information content (AvgIpc) is 3.22. The molecule has 198 valence electrons. The van der Waals surface area contributed by atoms with E-state index in [1.165, 1.54) is 24.0 Å². The highest BCUT2D eigenvalue weighted by Gasteiger charge is 2.42. The molecule has 0 bridgehead atoms. The first-order chi connectivity index (χ1) is 17.8. The number of halogens is 3. The first kappa shape index (κ1) is 25.6. The van der Waals surface area contributed by atoms with E-state index in [4.69, 9.17) is 4.74 Å². The van der Waals surface area contributed by atoms with Gasteiger partial charge in [-0.2, -0.15) is 0 Å². The van der Waals surface area contributed by atoms with Gasteiger partial charge in [0.25, 0.3) is 0 Å². The van der Waals surface area contributed by atoms with Crippen LogP contribution >= 0.6 is 0 Å². The number of para-hydroxylation sites is 1. The molecule has 0 aliphatic carbocycles. The summed E-state index contributed by atoms with van der Waals surface area (Å²) in [6.45, 7) is 7.74. The van der Waals surface area contributed by atoms with Gasteiger partial charge >= 0.3 is 0 Å². The summed E-state index contributed by atoms with van der Waals surface area (Å²) in [4.78, 5) is 20.3. The Morgan fingerprint density at radius 1 is 1.19 bits per heavy atom. The second-order valence-electron chi connectivity index (χ2n) is 10.5. The van der Waals surface area contributed by atoms with Gasteiger partial charge in [0.2, 0.25) is 5.91 Å². The number of amides is 1. The number of hydrogen-bond donors (Lipinski definition) is 1. The Hall–Kier alpha value is -3.00. The lowest BCUT2D eigenvalue weighted by atomic mass is 9.87. The molecule has 5 rings (SSSR count). The molecule has 8 heteroatoms. The van der Waals surface area contributed by atoms with E-state index in [1.54, 1.807) is 0 Å². The fourth-order valence-electron chi connectivity index (χ4n) is 5.73. The van der Waals surface area contributed by atoms with E-state index in [0.29, 0.717) is 31.2 Å². The normalized spacial score (nSPS) is 21.1. The minimum atomic E-state index is -1.05. The zero-order valence-corrected chi connectivity index (χ0v) is 21.6. The Morgan fingerprint density at radius 2 is 1.89 bits per heavy atom. The predicted octanol–water partition coefficient (Wildman–Crippen LogP) is 5.63. The molecule has 5 nitrogen and oxygen atoms in total. The summed E-state index contributed by atoms with van der Waals surface area (Å²) in [6.07, 6.45) is 1.65. The predicted molar refractivity (Wildman–Crippen MR) is 137 cm³/mol. The number of hydrogen-bond acceptors (Lipinski definition) is 3. The van der Waals surface area contributed by atoms with E-state index in [9.17, 15) is 9.18 Å². The van der Waals surface area contributed by atoms with Crippen molar-refractivity contribution in [3.8, 4) is 5.75 Å². The number of aromatic nitrogens is 1. The maximum absolute atomic E-state index is 15.7. The van der Waals surface area contributed by atoms with Crippen LogP contribution in [0.1, 0.15) is 50.1 Å². The molecule has 2 aromatic carbocycles. The van der Waals surface area contributed by atoms with Crippen LogP contribution in [0.4, 0.5) is 13.2 Å². The molecule has 0 unspecified atom stereocenters. The fraction of sp³-hybridized carbons (Fsp3) is 0.483. The number of ether oxygens (including phenoxy) is 1. The van der Waals surface area contributed by atoms with Crippen molar-refractivity contribution >= 4 is 16.8 Å². The zero-order chi connectivity index (χ0) is 26.3. The summed E-state index contributed by atoms with van der Waals surface area (Å²) in [5.41, 5.74) is 2.08. The van der Waals surface area contributed by atoms with Gasteiger partial charge in [0, 0.05) is 54.4 Å². The number of nitrogens with one attached hydrogen (secondary N) is 1. The Bertz CT molecular complexity index is 1260. The summed E-state index contributed by atoms with van der Waals surface area (Å²) >= 11 is 0. The van der Waals surface area contributed by atoms with Crippen LogP contribution in [-0.4, -0.2) is 59.6 Å². The van der Waals surface area contributed by atoms with E-state index in [-0.39, 0.29) is 17.4 Å². The quantitative estimate of drug-likeness (QED) is 0.425. The molecule has 3 heterocycles. The molecule has 2 aliphatic rings. The van der Waals surface area contributed by atoms with Gasteiger partial charge in [-0.3, -0.25) is 14.1 Å². The molecule has 2 aliphatic heterocycles. The minimum Gasteiger partial charge on any atom is -0.492 e. The Balaban J connectivity index is 1.49. The second-order valence-corrected chi connectivity index (χ2v) is 10.5. The third kappa shape index (κ3) is 4.72. The van der Waals surface area contributed by atoms with Gasteiger partial charge in [-0.05, 0) is 30.9 Å². The molecule has 1 amide bonds. The lowest BCUT2D eigenvalue weighted by Gasteiger charge is -2.42. The van der Waals surface area contributed by atoms with E-state index >= 15 is 8.78 Å². The third-order valence-corrected chi connectivity index (χ3v) is 7.89. The fourth-order valence-corrected chi connectivity index (χ4v) is 5.73. The Morgan fingerprint density at radius 3 is 2.57 bits per heavy atom. The zero-order valence-electron chi connectivity index (χ0n) is 21.6. The van der Waals surface area contributed by atoms with E-state index in [1.807, 2.05) is 31.2 Å². The van der Waals surface area contributed by atoms with Crippen molar-refractivity contribution in [2.24, 2.45) is 11.8 Å². The Labute approximate surface area is 215 Å². The highest BCUT2D eigenvalue weighted by Crippen LogP contribution is 2.43. The molecular weight excluding hydrogens is 479 g/mol. The molecule has 0 saturated carbocycles. The molecule has 3 aromatic rings. The van der Waals surface area contributed by atoms with Crippen LogP contribution in [0, 0.1) is 23.5 Å². The van der Waals surface area contributed by atoms with Crippen LogP contribution in [0.2, 0.25) is 0 Å². The van der Waals surface area contributed by atoms with Gasteiger partial charge < -0.3 is 14.6 Å². The van der Waals surface area contributed by atoms with Crippen LogP contribution in [0.25, 0.3) is 10.9 Å². The summed E-state index contributed by atoms with van der Waals surface area (Å²) in [5.74, 6) is -2.14. The van der Waals surface area contributed by atoms with E-state index < -0.39 is 36.2 Å². The largest absolute Gasteiger partial charge is 0.492 e. The second kappa shape index (κ2) is 10.4. The van der Waals surface area contributed by atoms with Crippen molar-refractivity contribution < 1.29 is 22.7 Å². The lowest BCUT2D eigenvalue weighted by molar-refractivity contribution is -0.140. The van der Waals surface area contributed by atoms with Crippen molar-refractivity contribution in [2.45, 2.75) is 45.7 Å². The highest BCUT2D eigenvalue weighted by atomic mass is 19.1. The monoisotopic (exact) mass is 513 g/mol. The van der Waals surface area contributed by atoms with Crippen molar-refractivity contribution in [2.75, 3.05) is 32.9 Å². The molecule has 1 fully saturated rings. The van der Waals surface area contributed by atoms with Gasteiger partial charge in [-0.15, -0.1) is 0 Å². The number of carbonyl (C=O) groups is 1. The lowest BCUT2D eigenvalue weighted by Crippen LogP contribution is -2.49. The van der Waals surface area contributed by atoms with Gasteiger partial charge in [-0.25, -0.2) is 8.78 Å². The molecule has 0 radical (unpaired) electrons. The van der Waals surface area contributed by atoms with Crippen LogP contribution in [0.5, 0.6) is 5.75 Å². The number of alkyl halides is 1. The van der Waals surface area contributed by atoms with Gasteiger partial charge in [0.15, 0.2) is 0 Å². The smallest absolute Gasteiger partial charge is 0.229 e. The summed E-state index contributed by atoms with van der Waals surface area (Å²) in [6, 6.07) is 8.60. The highest BCUT2D eigenvalue weighted by molar-refractivity contribution is 5.87. The first-order valence-corrected chi connectivity index (χ1v) is 13.1. The number of benzene rings is 2. The number of rotatable bonds is 8. The summed E-state index contributed by atoms with van der Waals surface area (Å²) in [5, 5.41) is 0.956. The SMILES string of the molecule is CCC1CN(CCOc2cc(F)c([C@@H]3c4[nH]c5ccccc5c4C[C@@H](C)N3C(=O)[C@@H](C)CF)c(F)c2)C1. The van der Waals surface area contributed by atoms with Gasteiger partial charge in [0.05, 0.1) is 11.5 Å². The summed E-state index contributed by atoms with van der Waals surface area (Å²) in [7, 11) is 0. The van der Waals surface area contributed by atoms with Gasteiger partial charge in [0.1, 0.15) is 36.7 Å². The van der Waals surface area contributed by atoms with Crippen molar-refractivity contribution in [3.63, 3.8) is 0 Å². The number of aromatic amines is 1. The van der Waals surface area contributed by atoms with Crippen LogP contribution in [0.3, 0.4) is 0 Å². The number of likely N-dealkylation sites (tertiary alicyclic amines) is 1. The van der Waals surface area contributed by atoms with Crippen molar-refractivity contribution in [1.82, 2.24) is 14.8 Å². The standard InChI is InChI=1S/C29H34F3N3O2/c1-4-19-15-34(16-19)9-10-37-20-12-23(31)26(24(32)13-20)28-27-22(21-7-5-6-8-25(21)33-27)11-18(3)35(28)29(36)17(2)14-30/h5-8,12-13,17-19,28,33H,4,9-11,14-16H2,1-3H3/t17-,18+,28+/m0/s1. The molecule has 1 saturated heterocycles. The average molecular weight is 514 g/mol. The van der Waals surface area contributed by atoms with Crippen LogP contribution in [0.15, 0.2) is 36.4 Å². The van der Waals surface area contributed by atoms with E-state index in [0.717, 1.165) is 36.0 Å². The number of nitrogens with zero attached hydrogens (tertiary/aromatic N) is 2. The third-order valence-electron chi connectivity index (χ3n) is 7.89. The van der Waals surface area contributed by atoms with Crippen LogP contribution < -0.4 is 4.74 Å². The van der Waals surface area contributed by atoms with Crippen molar-refractivity contribution in [1.29, 1.82) is 0 Å². The molecule has 0 spiro atoms. The minimum absolute atomic E-state index is 0.113. The molecule has 37 heavy (non-hydrogen) atoms. The molecule has 1 aromatic heterocycles. The van der Waals surface area contributed by atoms with E-state index in [2.05, 4.69) is 16.8 Å².